The number of nitrogens with zero attached hydrogens (tertiary/aromatic N) is 1. The van der Waals surface area contributed by atoms with Gasteiger partial charge >= 0.3 is 11.9 Å². The smallest absolute Gasteiger partial charge is 0.345 e. The second-order valence-electron chi connectivity index (χ2n) is 3.55. The van der Waals surface area contributed by atoms with E-state index in [0.29, 0.717) is 13.2 Å². The fraction of sp³-hybridized carbons (Fsp3) is 0.500. The van der Waals surface area contributed by atoms with E-state index in [1.807, 2.05) is 4.90 Å². The minimum Gasteiger partial charge on any atom is -0.465 e. The van der Waals surface area contributed by atoms with Crippen LogP contribution in [0.25, 0.3) is 0 Å². The quantitative estimate of drug-likeness (QED) is 0.233. The number of morpholine rings is 1. The Morgan fingerprint density at radius 2 is 1.67 bits per heavy atom. The number of carbonyl (C=O) groups excluding carboxylic acids is 2. The third-order valence-corrected chi connectivity index (χ3v) is 2.42. The lowest BCUT2D eigenvalue weighted by Crippen LogP contribution is -2.31. The van der Waals surface area contributed by atoms with Crippen molar-refractivity contribution in [1.29, 1.82) is 0 Å². The Hall–Kier alpha value is -1.82. The molecule has 0 aromatic rings. The van der Waals surface area contributed by atoms with Crippen LogP contribution in [-0.2, 0) is 23.8 Å². The molecule has 1 saturated heterocycles. The monoisotopic (exact) mass is 255 g/mol. The van der Waals surface area contributed by atoms with E-state index in [-0.39, 0.29) is 5.57 Å². The minimum absolute atomic E-state index is 0.135. The molecule has 0 spiro atoms. The number of hydrogen-bond acceptors (Lipinski definition) is 6. The van der Waals surface area contributed by atoms with Crippen molar-refractivity contribution in [3.63, 3.8) is 0 Å². The van der Waals surface area contributed by atoms with Crippen molar-refractivity contribution in [2.75, 3.05) is 40.5 Å². The Balaban J connectivity index is 2.66. The molecule has 100 valence electrons. The van der Waals surface area contributed by atoms with Crippen molar-refractivity contribution >= 4 is 11.9 Å². The molecule has 6 heteroatoms. The lowest BCUT2D eigenvalue weighted by atomic mass is 10.2. The minimum atomic E-state index is -0.714. The van der Waals surface area contributed by atoms with Crippen molar-refractivity contribution in [1.82, 2.24) is 4.90 Å². The Morgan fingerprint density at radius 1 is 1.11 bits per heavy atom. The van der Waals surface area contributed by atoms with Crippen LogP contribution in [0.5, 0.6) is 0 Å². The molecule has 0 unspecified atom stereocenters. The van der Waals surface area contributed by atoms with E-state index >= 15 is 0 Å². The van der Waals surface area contributed by atoms with E-state index in [0.717, 1.165) is 13.1 Å². The first-order chi connectivity index (χ1) is 8.69. The van der Waals surface area contributed by atoms with Gasteiger partial charge in [0.25, 0.3) is 0 Å². The number of rotatable bonds is 4. The van der Waals surface area contributed by atoms with Gasteiger partial charge in [-0.15, -0.1) is 0 Å². The maximum absolute atomic E-state index is 11.3. The molecule has 1 fully saturated rings. The molecule has 18 heavy (non-hydrogen) atoms. The first-order valence-electron chi connectivity index (χ1n) is 5.56. The van der Waals surface area contributed by atoms with Crippen molar-refractivity contribution in [2.24, 2.45) is 0 Å². The molecule has 0 aromatic carbocycles. The number of carbonyl (C=O) groups is 2. The molecule has 1 rings (SSSR count). The van der Waals surface area contributed by atoms with Crippen LogP contribution in [0.2, 0.25) is 0 Å². The fourth-order valence-corrected chi connectivity index (χ4v) is 1.43. The molecule has 1 aliphatic rings. The van der Waals surface area contributed by atoms with E-state index < -0.39 is 11.9 Å². The molecule has 0 saturated carbocycles. The van der Waals surface area contributed by atoms with Crippen LogP contribution in [0.4, 0.5) is 0 Å². The van der Waals surface area contributed by atoms with Crippen LogP contribution in [0, 0.1) is 0 Å². The van der Waals surface area contributed by atoms with Crippen LogP contribution in [0.1, 0.15) is 0 Å². The van der Waals surface area contributed by atoms with Gasteiger partial charge in [-0.3, -0.25) is 0 Å². The standard InChI is InChI=1S/C12H17NO5/c1-16-11(14)10(12(15)17-2)4-3-5-13-6-8-18-9-7-13/h3-5H,6-9H2,1-2H3/b5-3-. The predicted molar refractivity (Wildman–Crippen MR) is 63.6 cm³/mol. The molecule has 0 amide bonds. The zero-order valence-electron chi connectivity index (χ0n) is 10.5. The number of hydrogen-bond donors (Lipinski definition) is 0. The predicted octanol–water partition coefficient (Wildman–Crippen LogP) is 0.105. The Kier molecular flexibility index (Phi) is 5.93. The van der Waals surface area contributed by atoms with Gasteiger partial charge in [0.2, 0.25) is 0 Å². The summed E-state index contributed by atoms with van der Waals surface area (Å²) in [5, 5.41) is 0. The molecular weight excluding hydrogens is 238 g/mol. The molecule has 0 N–H and O–H groups in total. The summed E-state index contributed by atoms with van der Waals surface area (Å²) in [5.41, 5.74) is -0.135. The van der Waals surface area contributed by atoms with Gasteiger partial charge in [0.1, 0.15) is 5.57 Å². The molecule has 0 atom stereocenters. The van der Waals surface area contributed by atoms with Gasteiger partial charge < -0.3 is 19.1 Å². The van der Waals surface area contributed by atoms with E-state index in [4.69, 9.17) is 4.74 Å². The fourth-order valence-electron chi connectivity index (χ4n) is 1.43. The number of allylic oxidation sites excluding steroid dienone is 2. The second-order valence-corrected chi connectivity index (χ2v) is 3.55. The van der Waals surface area contributed by atoms with Crippen LogP contribution >= 0.6 is 0 Å². The first kappa shape index (κ1) is 14.2. The molecule has 0 aromatic heterocycles. The van der Waals surface area contributed by atoms with Gasteiger partial charge in [-0.05, 0) is 18.4 Å². The van der Waals surface area contributed by atoms with Gasteiger partial charge in [-0.25, -0.2) is 9.59 Å². The summed E-state index contributed by atoms with van der Waals surface area (Å²) in [6.07, 6.45) is 4.80. The SMILES string of the molecule is COC(=O)C(=C/C=C\N1CCOCC1)C(=O)OC. The van der Waals surface area contributed by atoms with Gasteiger partial charge in [0.15, 0.2) is 0 Å². The largest absolute Gasteiger partial charge is 0.465 e. The van der Waals surface area contributed by atoms with Crippen LogP contribution in [0.15, 0.2) is 23.9 Å². The Bertz CT molecular complexity index is 337. The van der Waals surface area contributed by atoms with Gasteiger partial charge in [0.05, 0.1) is 27.4 Å². The van der Waals surface area contributed by atoms with Crippen molar-refractivity contribution in [3.8, 4) is 0 Å². The number of ether oxygens (including phenoxy) is 3. The highest BCUT2D eigenvalue weighted by molar-refractivity contribution is 6.14. The van der Waals surface area contributed by atoms with Gasteiger partial charge in [0, 0.05) is 13.1 Å². The highest BCUT2D eigenvalue weighted by Crippen LogP contribution is 2.03. The number of esters is 2. The van der Waals surface area contributed by atoms with Crippen LogP contribution in [-0.4, -0.2) is 57.4 Å². The summed E-state index contributed by atoms with van der Waals surface area (Å²) >= 11 is 0. The van der Waals surface area contributed by atoms with Crippen molar-refractivity contribution < 1.29 is 23.8 Å². The van der Waals surface area contributed by atoms with Crippen molar-refractivity contribution in [3.05, 3.63) is 23.9 Å². The van der Waals surface area contributed by atoms with Gasteiger partial charge in [-0.2, -0.15) is 0 Å². The van der Waals surface area contributed by atoms with E-state index in [2.05, 4.69) is 9.47 Å². The molecule has 1 heterocycles. The van der Waals surface area contributed by atoms with Crippen LogP contribution in [0.3, 0.4) is 0 Å². The molecule has 0 radical (unpaired) electrons. The first-order valence-corrected chi connectivity index (χ1v) is 5.56. The lowest BCUT2D eigenvalue weighted by molar-refractivity contribution is -0.144. The summed E-state index contributed by atoms with van der Waals surface area (Å²) < 4.78 is 14.2. The molecule has 1 aliphatic heterocycles. The second kappa shape index (κ2) is 7.50. The highest BCUT2D eigenvalue weighted by atomic mass is 16.5. The lowest BCUT2D eigenvalue weighted by Gasteiger charge is -2.24. The summed E-state index contributed by atoms with van der Waals surface area (Å²) in [7, 11) is 2.43. The van der Waals surface area contributed by atoms with Crippen LogP contribution < -0.4 is 0 Å². The average molecular weight is 255 g/mol. The van der Waals surface area contributed by atoms with E-state index in [1.54, 1.807) is 12.3 Å². The molecule has 0 bridgehead atoms. The van der Waals surface area contributed by atoms with E-state index in [1.165, 1.54) is 20.3 Å². The maximum atomic E-state index is 11.3. The number of methoxy groups -OCH3 is 2. The average Bonchev–Trinajstić information content (AvgIpc) is 2.43. The normalized spacial score (nSPS) is 15.3. The zero-order valence-corrected chi connectivity index (χ0v) is 10.5. The maximum Gasteiger partial charge on any atom is 0.345 e. The third-order valence-electron chi connectivity index (χ3n) is 2.42. The highest BCUT2D eigenvalue weighted by Gasteiger charge is 2.18. The molecule has 6 nitrogen and oxygen atoms in total. The van der Waals surface area contributed by atoms with Gasteiger partial charge in [-0.1, -0.05) is 0 Å². The zero-order chi connectivity index (χ0) is 13.4. The molecule has 0 aliphatic carbocycles. The summed E-state index contributed by atoms with van der Waals surface area (Å²) in [6, 6.07) is 0. The third kappa shape index (κ3) is 4.21. The van der Waals surface area contributed by atoms with E-state index in [9.17, 15) is 9.59 Å². The summed E-state index contributed by atoms with van der Waals surface area (Å²) in [6.45, 7) is 2.93. The Labute approximate surface area is 106 Å². The summed E-state index contributed by atoms with van der Waals surface area (Å²) in [5.74, 6) is -1.43. The topological polar surface area (TPSA) is 65.1 Å². The summed E-state index contributed by atoms with van der Waals surface area (Å²) in [4.78, 5) is 24.7. The molecular formula is C12H17NO5. The Morgan fingerprint density at radius 3 is 2.17 bits per heavy atom. The van der Waals surface area contributed by atoms with Crippen molar-refractivity contribution in [2.45, 2.75) is 0 Å².